The third-order valence-electron chi connectivity index (χ3n) is 5.11. The van der Waals surface area contributed by atoms with Crippen molar-refractivity contribution < 1.29 is 23.7 Å². The molecular formula is C20H22N2O5. The molecule has 2 heterocycles. The predicted octanol–water partition coefficient (Wildman–Crippen LogP) is 3.48. The molecule has 0 radical (unpaired) electrons. The molecule has 1 fully saturated rings. The quantitative estimate of drug-likeness (QED) is 0.892. The van der Waals surface area contributed by atoms with E-state index in [1.807, 2.05) is 25.1 Å². The maximum atomic E-state index is 13.0. The molecule has 2 aromatic carbocycles. The molecular weight excluding hydrogens is 348 g/mol. The van der Waals surface area contributed by atoms with E-state index in [0.29, 0.717) is 35.1 Å². The van der Waals surface area contributed by atoms with E-state index in [4.69, 9.17) is 18.9 Å². The average Bonchev–Trinajstić information content (AvgIpc) is 2.67. The van der Waals surface area contributed by atoms with Gasteiger partial charge in [0, 0.05) is 18.1 Å². The average molecular weight is 370 g/mol. The molecule has 0 aliphatic carbocycles. The van der Waals surface area contributed by atoms with Gasteiger partial charge in [0.15, 0.2) is 17.2 Å². The molecule has 142 valence electrons. The smallest absolute Gasteiger partial charge is 0.325 e. The van der Waals surface area contributed by atoms with Crippen molar-refractivity contribution in [1.82, 2.24) is 5.32 Å². The molecule has 2 amide bonds. The third kappa shape index (κ3) is 2.61. The molecule has 0 saturated carbocycles. The monoisotopic (exact) mass is 370 g/mol. The number of benzene rings is 2. The van der Waals surface area contributed by atoms with Crippen LogP contribution in [0.4, 0.5) is 10.5 Å². The van der Waals surface area contributed by atoms with Gasteiger partial charge >= 0.3 is 6.03 Å². The highest BCUT2D eigenvalue weighted by Gasteiger charge is 2.51. The first-order valence-electron chi connectivity index (χ1n) is 8.69. The van der Waals surface area contributed by atoms with Crippen molar-refractivity contribution in [3.8, 4) is 23.0 Å². The number of urea groups is 1. The number of carbonyl (C=O) groups is 1. The van der Waals surface area contributed by atoms with E-state index in [-0.39, 0.29) is 12.1 Å². The van der Waals surface area contributed by atoms with Crippen LogP contribution in [0.1, 0.15) is 24.9 Å². The zero-order valence-corrected chi connectivity index (χ0v) is 15.7. The summed E-state index contributed by atoms with van der Waals surface area (Å²) < 4.78 is 22.6. The lowest BCUT2D eigenvalue weighted by Gasteiger charge is -2.50. The third-order valence-corrected chi connectivity index (χ3v) is 5.11. The first-order chi connectivity index (χ1) is 13.0. The van der Waals surface area contributed by atoms with Crippen molar-refractivity contribution in [2.45, 2.75) is 25.1 Å². The lowest BCUT2D eigenvalue weighted by atomic mass is 9.90. The highest BCUT2D eigenvalue weighted by molar-refractivity contribution is 5.96. The fraction of sp³-hybridized carbons (Fsp3) is 0.350. The Labute approximate surface area is 157 Å². The van der Waals surface area contributed by atoms with Crippen molar-refractivity contribution in [1.29, 1.82) is 0 Å². The zero-order valence-electron chi connectivity index (χ0n) is 15.7. The van der Waals surface area contributed by atoms with Gasteiger partial charge in [-0.05, 0) is 25.1 Å². The van der Waals surface area contributed by atoms with Gasteiger partial charge in [0.1, 0.15) is 11.5 Å². The van der Waals surface area contributed by atoms with Crippen molar-refractivity contribution in [2.75, 3.05) is 26.2 Å². The summed E-state index contributed by atoms with van der Waals surface area (Å²) >= 11 is 0. The number of carbonyl (C=O) groups excluding carboxylic acids is 1. The van der Waals surface area contributed by atoms with Crippen LogP contribution in [0.2, 0.25) is 0 Å². The Balaban J connectivity index is 1.82. The van der Waals surface area contributed by atoms with Gasteiger partial charge in [0.05, 0.1) is 33.1 Å². The molecule has 1 unspecified atom stereocenters. The predicted molar refractivity (Wildman–Crippen MR) is 99.9 cm³/mol. The molecule has 2 aromatic rings. The molecule has 0 aromatic heterocycles. The number of ether oxygens (including phenoxy) is 4. The highest BCUT2D eigenvalue weighted by atomic mass is 16.5. The molecule has 1 saturated heterocycles. The standard InChI is InChI=1S/C20H22N2O5/c1-20-11-14(13-6-5-7-16(25-3)18(13)27-20)21-19(23)22(20)15-9-8-12(24-2)10-17(15)26-4/h5-10,14H,11H2,1-4H3,(H,21,23)/t14?,20-/m1/s1. The van der Waals surface area contributed by atoms with Gasteiger partial charge in [-0.25, -0.2) is 4.79 Å². The Kier molecular flexibility index (Phi) is 4.02. The fourth-order valence-electron chi connectivity index (χ4n) is 3.86. The van der Waals surface area contributed by atoms with Gasteiger partial charge in [-0.1, -0.05) is 12.1 Å². The first kappa shape index (κ1) is 17.3. The molecule has 0 spiro atoms. The van der Waals surface area contributed by atoms with Crippen LogP contribution in [0.3, 0.4) is 0 Å². The molecule has 7 nitrogen and oxygen atoms in total. The minimum absolute atomic E-state index is 0.151. The summed E-state index contributed by atoms with van der Waals surface area (Å²) in [5, 5.41) is 3.07. The van der Waals surface area contributed by atoms with Gasteiger partial charge in [-0.15, -0.1) is 0 Å². The zero-order chi connectivity index (χ0) is 19.2. The lowest BCUT2D eigenvalue weighted by molar-refractivity contribution is 0.0346. The minimum Gasteiger partial charge on any atom is -0.497 e. The summed E-state index contributed by atoms with van der Waals surface area (Å²) in [5.41, 5.74) is 0.632. The Morgan fingerprint density at radius 1 is 1.11 bits per heavy atom. The molecule has 4 rings (SSSR count). The van der Waals surface area contributed by atoms with E-state index in [1.165, 1.54) is 0 Å². The van der Waals surface area contributed by atoms with E-state index in [2.05, 4.69) is 5.32 Å². The number of anilines is 1. The summed E-state index contributed by atoms with van der Waals surface area (Å²) in [7, 11) is 4.75. The number of hydrogen-bond acceptors (Lipinski definition) is 5. The van der Waals surface area contributed by atoms with E-state index in [0.717, 1.165) is 5.56 Å². The summed E-state index contributed by atoms with van der Waals surface area (Å²) in [4.78, 5) is 14.6. The Morgan fingerprint density at radius 3 is 2.59 bits per heavy atom. The maximum absolute atomic E-state index is 13.0. The molecule has 1 N–H and O–H groups in total. The van der Waals surface area contributed by atoms with Gasteiger partial charge in [0.25, 0.3) is 0 Å². The molecule has 7 heteroatoms. The van der Waals surface area contributed by atoms with Crippen molar-refractivity contribution >= 4 is 11.7 Å². The second-order valence-electron chi connectivity index (χ2n) is 6.74. The Bertz CT molecular complexity index is 900. The van der Waals surface area contributed by atoms with E-state index in [9.17, 15) is 4.79 Å². The van der Waals surface area contributed by atoms with Crippen LogP contribution in [-0.4, -0.2) is 33.1 Å². The van der Waals surface area contributed by atoms with Crippen molar-refractivity contribution in [2.24, 2.45) is 0 Å². The van der Waals surface area contributed by atoms with Crippen LogP contribution in [-0.2, 0) is 0 Å². The summed E-state index contributed by atoms with van der Waals surface area (Å²) in [6.45, 7) is 1.90. The minimum atomic E-state index is -0.892. The number of rotatable bonds is 4. The summed E-state index contributed by atoms with van der Waals surface area (Å²) in [5.74, 6) is 2.46. The number of fused-ring (bicyclic) bond motifs is 4. The highest BCUT2D eigenvalue weighted by Crippen LogP contribution is 2.50. The topological polar surface area (TPSA) is 69.3 Å². The molecule has 2 aliphatic rings. The number of para-hydroxylation sites is 1. The largest absolute Gasteiger partial charge is 0.497 e. The SMILES string of the molecule is COc1ccc(N2C(=O)NC3C[C@@]2(C)Oc2c(OC)cccc23)c(OC)c1. The van der Waals surface area contributed by atoms with E-state index >= 15 is 0 Å². The van der Waals surface area contributed by atoms with Crippen molar-refractivity contribution in [3.05, 3.63) is 42.0 Å². The van der Waals surface area contributed by atoms with E-state index < -0.39 is 5.72 Å². The maximum Gasteiger partial charge on any atom is 0.325 e. The van der Waals surface area contributed by atoms with Gasteiger partial charge in [0.2, 0.25) is 0 Å². The summed E-state index contributed by atoms with van der Waals surface area (Å²) in [6.07, 6.45) is 0.591. The van der Waals surface area contributed by atoms with E-state index in [1.54, 1.807) is 44.4 Å². The molecule has 2 bridgehead atoms. The number of nitrogens with one attached hydrogen (secondary N) is 1. The van der Waals surface area contributed by atoms with Crippen LogP contribution in [0.15, 0.2) is 36.4 Å². The fourth-order valence-corrected chi connectivity index (χ4v) is 3.86. The number of nitrogens with zero attached hydrogens (tertiary/aromatic N) is 1. The summed E-state index contributed by atoms with van der Waals surface area (Å²) in [6, 6.07) is 10.6. The number of methoxy groups -OCH3 is 3. The van der Waals surface area contributed by atoms with Gasteiger partial charge in [-0.2, -0.15) is 0 Å². The first-order valence-corrected chi connectivity index (χ1v) is 8.69. The normalized spacial score (nSPS) is 23.0. The van der Waals surface area contributed by atoms with Crippen LogP contribution in [0.5, 0.6) is 23.0 Å². The lowest BCUT2D eigenvalue weighted by Crippen LogP contribution is -2.65. The van der Waals surface area contributed by atoms with Gasteiger partial charge < -0.3 is 24.3 Å². The molecule has 27 heavy (non-hydrogen) atoms. The number of amides is 2. The van der Waals surface area contributed by atoms with Crippen LogP contribution < -0.4 is 29.2 Å². The molecule has 2 atom stereocenters. The second-order valence-corrected chi connectivity index (χ2v) is 6.74. The van der Waals surface area contributed by atoms with Crippen molar-refractivity contribution in [3.63, 3.8) is 0 Å². The van der Waals surface area contributed by atoms with Crippen LogP contribution in [0, 0.1) is 0 Å². The second kappa shape index (κ2) is 6.26. The Morgan fingerprint density at radius 2 is 1.89 bits per heavy atom. The van der Waals surface area contributed by atoms with Crippen LogP contribution in [0.25, 0.3) is 0 Å². The molecule has 2 aliphatic heterocycles. The number of hydrogen-bond donors (Lipinski definition) is 1. The van der Waals surface area contributed by atoms with Crippen LogP contribution >= 0.6 is 0 Å². The Hall–Kier alpha value is -3.09. The van der Waals surface area contributed by atoms with Gasteiger partial charge in [-0.3, -0.25) is 4.90 Å².